The summed E-state index contributed by atoms with van der Waals surface area (Å²) < 4.78 is 5.42. The molecule has 0 aromatic heterocycles. The number of carbonyl (C=O) groups excluding carboxylic acids is 1. The van der Waals surface area contributed by atoms with E-state index in [0.717, 1.165) is 45.3 Å². The number of hydrogen-bond acceptors (Lipinski definition) is 4. The zero-order chi connectivity index (χ0) is 15.5. The highest BCUT2D eigenvalue weighted by atomic mass is 16.6. The van der Waals surface area contributed by atoms with Crippen molar-refractivity contribution in [3.05, 3.63) is 0 Å². The van der Waals surface area contributed by atoms with Crippen molar-refractivity contribution in [1.29, 1.82) is 0 Å². The third-order valence-corrected chi connectivity index (χ3v) is 4.43. The van der Waals surface area contributed by atoms with E-state index in [1.807, 2.05) is 25.7 Å². The van der Waals surface area contributed by atoms with E-state index in [1.165, 1.54) is 6.42 Å². The van der Waals surface area contributed by atoms with Gasteiger partial charge in [0.1, 0.15) is 5.60 Å². The first-order valence-corrected chi connectivity index (χ1v) is 8.30. The molecule has 0 spiro atoms. The minimum absolute atomic E-state index is 0.171. The maximum Gasteiger partial charge on any atom is 0.410 e. The Morgan fingerprint density at radius 1 is 1.24 bits per heavy atom. The van der Waals surface area contributed by atoms with Gasteiger partial charge in [-0.1, -0.05) is 0 Å². The van der Waals surface area contributed by atoms with E-state index in [4.69, 9.17) is 10.5 Å². The summed E-state index contributed by atoms with van der Waals surface area (Å²) >= 11 is 0. The Bertz CT molecular complexity index is 346. The van der Waals surface area contributed by atoms with Gasteiger partial charge in [0.15, 0.2) is 0 Å². The van der Waals surface area contributed by atoms with Gasteiger partial charge in [0.25, 0.3) is 0 Å². The first kappa shape index (κ1) is 16.6. The van der Waals surface area contributed by atoms with Gasteiger partial charge in [0.2, 0.25) is 0 Å². The van der Waals surface area contributed by atoms with Crippen molar-refractivity contribution in [3.8, 4) is 0 Å². The Morgan fingerprint density at radius 3 is 2.43 bits per heavy atom. The van der Waals surface area contributed by atoms with Crippen LogP contribution in [0.4, 0.5) is 4.79 Å². The second-order valence-corrected chi connectivity index (χ2v) is 7.59. The highest BCUT2D eigenvalue weighted by Crippen LogP contribution is 2.21. The van der Waals surface area contributed by atoms with Crippen molar-refractivity contribution in [2.24, 2.45) is 11.7 Å². The van der Waals surface area contributed by atoms with Crippen LogP contribution in [0.2, 0.25) is 0 Å². The first-order chi connectivity index (χ1) is 9.83. The maximum atomic E-state index is 12.0. The molecule has 2 aliphatic rings. The lowest BCUT2D eigenvalue weighted by molar-refractivity contribution is 0.0183. The molecule has 1 saturated heterocycles. The van der Waals surface area contributed by atoms with Gasteiger partial charge in [0.05, 0.1) is 0 Å². The molecule has 21 heavy (non-hydrogen) atoms. The quantitative estimate of drug-likeness (QED) is 0.837. The van der Waals surface area contributed by atoms with E-state index >= 15 is 0 Å². The Hall–Kier alpha value is -0.810. The molecule has 1 aliphatic heterocycles. The lowest BCUT2D eigenvalue weighted by Crippen LogP contribution is -2.44. The second-order valence-electron chi connectivity index (χ2n) is 7.59. The highest BCUT2D eigenvalue weighted by molar-refractivity contribution is 5.68. The van der Waals surface area contributed by atoms with Crippen molar-refractivity contribution in [1.82, 2.24) is 10.2 Å². The normalized spacial score (nSPS) is 27.9. The average Bonchev–Trinajstić information content (AvgIpc) is 2.81. The average molecular weight is 297 g/mol. The summed E-state index contributed by atoms with van der Waals surface area (Å²) in [6, 6.07) is 0.986. The zero-order valence-electron chi connectivity index (χ0n) is 13.7. The fourth-order valence-electron chi connectivity index (χ4n) is 3.18. The monoisotopic (exact) mass is 297 g/mol. The molecule has 3 N–H and O–H groups in total. The molecule has 0 bridgehead atoms. The van der Waals surface area contributed by atoms with Crippen LogP contribution in [0.15, 0.2) is 0 Å². The molecule has 1 amide bonds. The van der Waals surface area contributed by atoms with Crippen LogP contribution in [-0.2, 0) is 4.74 Å². The van der Waals surface area contributed by atoms with Crippen LogP contribution < -0.4 is 11.1 Å². The molecule has 2 unspecified atom stereocenters. The molecule has 1 heterocycles. The zero-order valence-corrected chi connectivity index (χ0v) is 13.7. The molecule has 5 nitrogen and oxygen atoms in total. The van der Waals surface area contributed by atoms with Gasteiger partial charge in [-0.2, -0.15) is 0 Å². The molecule has 2 fully saturated rings. The number of nitrogens with one attached hydrogen (secondary N) is 1. The largest absolute Gasteiger partial charge is 0.444 e. The number of hydrogen-bond donors (Lipinski definition) is 2. The van der Waals surface area contributed by atoms with E-state index in [2.05, 4.69) is 5.32 Å². The SMILES string of the molecule is CC(C)(C)OC(=O)N1CCC(CNC2CCC(N)C2)CC1. The Balaban J connectivity index is 1.65. The number of amides is 1. The first-order valence-electron chi connectivity index (χ1n) is 8.30. The summed E-state index contributed by atoms with van der Waals surface area (Å²) in [5.41, 5.74) is 5.53. The predicted octanol–water partition coefficient (Wildman–Crippen LogP) is 2.10. The topological polar surface area (TPSA) is 67.6 Å². The molecule has 1 saturated carbocycles. The van der Waals surface area contributed by atoms with Crippen molar-refractivity contribution < 1.29 is 9.53 Å². The summed E-state index contributed by atoms with van der Waals surface area (Å²) in [6.45, 7) is 8.41. The number of carbonyl (C=O) groups is 1. The van der Waals surface area contributed by atoms with Gasteiger partial charge in [-0.25, -0.2) is 4.79 Å². The van der Waals surface area contributed by atoms with Crippen molar-refractivity contribution >= 4 is 6.09 Å². The van der Waals surface area contributed by atoms with Gasteiger partial charge in [-0.15, -0.1) is 0 Å². The van der Waals surface area contributed by atoms with Crippen LogP contribution in [0.5, 0.6) is 0 Å². The number of likely N-dealkylation sites (tertiary alicyclic amines) is 1. The molecule has 0 aromatic rings. The lowest BCUT2D eigenvalue weighted by atomic mass is 9.96. The number of piperidine rings is 1. The van der Waals surface area contributed by atoms with Crippen LogP contribution in [0.1, 0.15) is 52.9 Å². The number of nitrogens with two attached hydrogens (primary N) is 1. The van der Waals surface area contributed by atoms with Crippen molar-refractivity contribution in [3.63, 3.8) is 0 Å². The highest BCUT2D eigenvalue weighted by Gasteiger charge is 2.28. The fourth-order valence-corrected chi connectivity index (χ4v) is 3.18. The predicted molar refractivity (Wildman–Crippen MR) is 84.1 cm³/mol. The minimum Gasteiger partial charge on any atom is -0.444 e. The van der Waals surface area contributed by atoms with E-state index in [9.17, 15) is 4.79 Å². The van der Waals surface area contributed by atoms with E-state index in [1.54, 1.807) is 0 Å². The fraction of sp³-hybridized carbons (Fsp3) is 0.938. The second kappa shape index (κ2) is 6.97. The molecule has 1 aliphatic carbocycles. The molecular formula is C16H31N3O2. The third kappa shape index (κ3) is 5.47. The van der Waals surface area contributed by atoms with Gasteiger partial charge >= 0.3 is 6.09 Å². The standard InChI is InChI=1S/C16H31N3O2/c1-16(2,3)21-15(20)19-8-6-12(7-9-19)11-18-14-5-4-13(17)10-14/h12-14,18H,4-11,17H2,1-3H3. The molecular weight excluding hydrogens is 266 g/mol. The van der Waals surface area contributed by atoms with Crippen molar-refractivity contribution in [2.45, 2.75) is 70.6 Å². The molecule has 122 valence electrons. The number of rotatable bonds is 3. The summed E-state index contributed by atoms with van der Waals surface area (Å²) in [4.78, 5) is 13.8. The Kier molecular flexibility index (Phi) is 5.49. The number of nitrogens with zero attached hydrogens (tertiary/aromatic N) is 1. The summed E-state index contributed by atoms with van der Waals surface area (Å²) in [7, 11) is 0. The smallest absolute Gasteiger partial charge is 0.410 e. The lowest BCUT2D eigenvalue weighted by Gasteiger charge is -2.34. The molecule has 0 radical (unpaired) electrons. The van der Waals surface area contributed by atoms with Gasteiger partial charge in [-0.3, -0.25) is 0 Å². The maximum absolute atomic E-state index is 12.0. The van der Waals surface area contributed by atoms with Crippen LogP contribution in [-0.4, -0.2) is 48.3 Å². The van der Waals surface area contributed by atoms with Gasteiger partial charge in [0, 0.05) is 25.2 Å². The van der Waals surface area contributed by atoms with E-state index in [0.29, 0.717) is 18.0 Å². The molecule has 2 rings (SSSR count). The Labute approximate surface area is 128 Å². The Morgan fingerprint density at radius 2 is 1.90 bits per heavy atom. The van der Waals surface area contributed by atoms with Gasteiger partial charge < -0.3 is 20.7 Å². The van der Waals surface area contributed by atoms with Crippen molar-refractivity contribution in [2.75, 3.05) is 19.6 Å². The van der Waals surface area contributed by atoms with Crippen LogP contribution >= 0.6 is 0 Å². The van der Waals surface area contributed by atoms with Crippen LogP contribution in [0, 0.1) is 5.92 Å². The third-order valence-electron chi connectivity index (χ3n) is 4.43. The molecule has 2 atom stereocenters. The number of ether oxygens (including phenoxy) is 1. The van der Waals surface area contributed by atoms with Gasteiger partial charge in [-0.05, 0) is 65.3 Å². The molecule has 0 aromatic carbocycles. The molecule has 5 heteroatoms. The van der Waals surface area contributed by atoms with E-state index < -0.39 is 5.60 Å². The summed E-state index contributed by atoms with van der Waals surface area (Å²) in [5, 5.41) is 3.65. The van der Waals surface area contributed by atoms with E-state index in [-0.39, 0.29) is 6.09 Å². The summed E-state index contributed by atoms with van der Waals surface area (Å²) in [5.74, 6) is 0.667. The summed E-state index contributed by atoms with van der Waals surface area (Å²) in [6.07, 6.45) is 5.41. The van der Waals surface area contributed by atoms with Crippen LogP contribution in [0.25, 0.3) is 0 Å². The minimum atomic E-state index is -0.406. The van der Waals surface area contributed by atoms with Crippen LogP contribution in [0.3, 0.4) is 0 Å².